The van der Waals surface area contributed by atoms with Crippen molar-refractivity contribution in [3.63, 3.8) is 0 Å². The largest absolute Gasteiger partial charge is 0.305 e. The summed E-state index contributed by atoms with van der Waals surface area (Å²) >= 11 is 0. The molecule has 0 amide bonds. The van der Waals surface area contributed by atoms with Gasteiger partial charge in [-0.05, 0) is 43.6 Å². The lowest BCUT2D eigenvalue weighted by atomic mass is 9.82. The normalized spacial score (nSPS) is 12.1. The van der Waals surface area contributed by atoms with Crippen LogP contribution in [0.2, 0.25) is 0 Å². The van der Waals surface area contributed by atoms with Crippen molar-refractivity contribution in [1.29, 1.82) is 0 Å². The molecular weight excluding hydrogens is 208 g/mol. The minimum atomic E-state index is 0.553. The lowest BCUT2D eigenvalue weighted by molar-refractivity contribution is 0.376. The Hall–Kier alpha value is -0.890. The standard InChI is InChI=1S/C15H26N2/c1-11(2)15(12(3)4)14-9-13(7-8-16-14)10-17(5)6/h7-9,11-12,15H,10H2,1-6H3. The Morgan fingerprint density at radius 3 is 2.18 bits per heavy atom. The van der Waals surface area contributed by atoms with E-state index >= 15 is 0 Å². The first kappa shape index (κ1) is 14.2. The summed E-state index contributed by atoms with van der Waals surface area (Å²) in [5, 5.41) is 0. The summed E-state index contributed by atoms with van der Waals surface area (Å²) in [5.41, 5.74) is 2.60. The van der Waals surface area contributed by atoms with E-state index in [1.54, 1.807) is 0 Å². The van der Waals surface area contributed by atoms with Gasteiger partial charge in [0, 0.05) is 24.4 Å². The van der Waals surface area contributed by atoms with Crippen molar-refractivity contribution >= 4 is 0 Å². The summed E-state index contributed by atoms with van der Waals surface area (Å²) in [6.45, 7) is 10.1. The summed E-state index contributed by atoms with van der Waals surface area (Å²) in [4.78, 5) is 6.76. The van der Waals surface area contributed by atoms with Crippen LogP contribution in [0.4, 0.5) is 0 Å². The molecule has 0 bridgehead atoms. The molecule has 0 saturated carbocycles. The van der Waals surface area contributed by atoms with E-state index in [2.05, 4.69) is 63.8 Å². The SMILES string of the molecule is CC(C)C(c1cc(CN(C)C)ccn1)C(C)C. The van der Waals surface area contributed by atoms with E-state index in [9.17, 15) is 0 Å². The number of rotatable bonds is 5. The first-order chi connectivity index (χ1) is 7.91. The van der Waals surface area contributed by atoms with Gasteiger partial charge < -0.3 is 4.90 Å². The Morgan fingerprint density at radius 1 is 1.12 bits per heavy atom. The molecule has 0 spiro atoms. The molecular formula is C15H26N2. The van der Waals surface area contributed by atoms with E-state index in [1.165, 1.54) is 11.3 Å². The van der Waals surface area contributed by atoms with Crippen molar-refractivity contribution in [3.05, 3.63) is 29.6 Å². The van der Waals surface area contributed by atoms with Gasteiger partial charge in [-0.1, -0.05) is 27.7 Å². The molecule has 0 N–H and O–H groups in total. The molecule has 2 nitrogen and oxygen atoms in total. The van der Waals surface area contributed by atoms with Crippen LogP contribution in [-0.2, 0) is 6.54 Å². The molecule has 2 heteroatoms. The predicted octanol–water partition coefficient (Wildman–Crippen LogP) is 3.54. The first-order valence-electron chi connectivity index (χ1n) is 6.51. The van der Waals surface area contributed by atoms with Gasteiger partial charge in [0.25, 0.3) is 0 Å². The summed E-state index contributed by atoms with van der Waals surface area (Å²) < 4.78 is 0. The molecule has 17 heavy (non-hydrogen) atoms. The number of pyridine rings is 1. The van der Waals surface area contributed by atoms with Crippen LogP contribution in [0.1, 0.15) is 44.9 Å². The molecule has 1 heterocycles. The highest BCUT2D eigenvalue weighted by Crippen LogP contribution is 2.30. The van der Waals surface area contributed by atoms with E-state index in [0.29, 0.717) is 17.8 Å². The smallest absolute Gasteiger partial charge is 0.0442 e. The van der Waals surface area contributed by atoms with E-state index in [4.69, 9.17) is 0 Å². The quantitative estimate of drug-likeness (QED) is 0.774. The second-order valence-electron chi connectivity index (χ2n) is 5.84. The molecule has 1 aromatic heterocycles. The fraction of sp³-hybridized carbons (Fsp3) is 0.667. The molecule has 0 aliphatic rings. The zero-order chi connectivity index (χ0) is 13.0. The highest BCUT2D eigenvalue weighted by atomic mass is 15.0. The van der Waals surface area contributed by atoms with Gasteiger partial charge in [0.2, 0.25) is 0 Å². The van der Waals surface area contributed by atoms with Crippen molar-refractivity contribution in [2.75, 3.05) is 14.1 Å². The maximum absolute atomic E-state index is 4.57. The number of aromatic nitrogens is 1. The highest BCUT2D eigenvalue weighted by Gasteiger charge is 2.21. The van der Waals surface area contributed by atoms with Crippen LogP contribution in [0.15, 0.2) is 18.3 Å². The fourth-order valence-electron chi connectivity index (χ4n) is 2.59. The number of nitrogens with zero attached hydrogens (tertiary/aromatic N) is 2. The Kier molecular flexibility index (Phi) is 5.13. The monoisotopic (exact) mass is 234 g/mol. The zero-order valence-corrected chi connectivity index (χ0v) is 12.1. The molecule has 0 saturated heterocycles. The van der Waals surface area contributed by atoms with Crippen molar-refractivity contribution < 1.29 is 0 Å². The zero-order valence-electron chi connectivity index (χ0n) is 12.1. The summed E-state index contributed by atoms with van der Waals surface area (Å²) in [6, 6.07) is 4.38. The van der Waals surface area contributed by atoms with Gasteiger partial charge in [0.05, 0.1) is 0 Å². The molecule has 1 aromatic rings. The van der Waals surface area contributed by atoms with E-state index in [0.717, 1.165) is 6.54 Å². The summed E-state index contributed by atoms with van der Waals surface area (Å²) in [6.07, 6.45) is 1.95. The van der Waals surface area contributed by atoms with Crippen LogP contribution < -0.4 is 0 Å². The molecule has 1 rings (SSSR count). The minimum Gasteiger partial charge on any atom is -0.305 e. The molecule has 0 aliphatic carbocycles. The maximum Gasteiger partial charge on any atom is 0.0442 e. The van der Waals surface area contributed by atoms with Crippen molar-refractivity contribution in [3.8, 4) is 0 Å². The van der Waals surface area contributed by atoms with Gasteiger partial charge in [0.15, 0.2) is 0 Å². The van der Waals surface area contributed by atoms with Gasteiger partial charge in [-0.3, -0.25) is 4.98 Å². The lowest BCUT2D eigenvalue weighted by Crippen LogP contribution is -2.16. The van der Waals surface area contributed by atoms with Crippen molar-refractivity contribution in [2.24, 2.45) is 11.8 Å². The van der Waals surface area contributed by atoms with Crippen LogP contribution in [-0.4, -0.2) is 24.0 Å². The molecule has 0 radical (unpaired) electrons. The molecule has 0 aliphatic heterocycles. The van der Waals surface area contributed by atoms with Crippen LogP contribution in [0.25, 0.3) is 0 Å². The van der Waals surface area contributed by atoms with Gasteiger partial charge >= 0.3 is 0 Å². The highest BCUT2D eigenvalue weighted by molar-refractivity contribution is 5.20. The lowest BCUT2D eigenvalue weighted by Gasteiger charge is -2.25. The number of hydrogen-bond acceptors (Lipinski definition) is 2. The van der Waals surface area contributed by atoms with Gasteiger partial charge in [-0.15, -0.1) is 0 Å². The minimum absolute atomic E-state index is 0.553. The number of hydrogen-bond donors (Lipinski definition) is 0. The Bertz CT molecular complexity index is 335. The molecule has 0 aromatic carbocycles. The van der Waals surface area contributed by atoms with Crippen LogP contribution in [0, 0.1) is 11.8 Å². The van der Waals surface area contributed by atoms with Crippen LogP contribution in [0.3, 0.4) is 0 Å². The maximum atomic E-state index is 4.57. The third-order valence-electron chi connectivity index (χ3n) is 3.12. The van der Waals surface area contributed by atoms with Crippen LogP contribution in [0.5, 0.6) is 0 Å². The summed E-state index contributed by atoms with van der Waals surface area (Å²) in [7, 11) is 4.20. The topological polar surface area (TPSA) is 16.1 Å². The van der Waals surface area contributed by atoms with Crippen molar-refractivity contribution in [1.82, 2.24) is 9.88 Å². The molecule has 0 fully saturated rings. The van der Waals surface area contributed by atoms with Gasteiger partial charge in [-0.25, -0.2) is 0 Å². The third-order valence-corrected chi connectivity index (χ3v) is 3.12. The first-order valence-corrected chi connectivity index (χ1v) is 6.51. The average molecular weight is 234 g/mol. The van der Waals surface area contributed by atoms with E-state index < -0.39 is 0 Å². The molecule has 0 atom stereocenters. The summed E-state index contributed by atoms with van der Waals surface area (Å²) in [5.74, 6) is 1.83. The predicted molar refractivity (Wildman–Crippen MR) is 74.0 cm³/mol. The van der Waals surface area contributed by atoms with E-state index in [1.807, 2.05) is 6.20 Å². The molecule has 96 valence electrons. The Morgan fingerprint density at radius 2 is 1.71 bits per heavy atom. The fourth-order valence-corrected chi connectivity index (χ4v) is 2.59. The second-order valence-corrected chi connectivity index (χ2v) is 5.84. The second kappa shape index (κ2) is 6.15. The van der Waals surface area contributed by atoms with Gasteiger partial charge in [0.1, 0.15) is 0 Å². The van der Waals surface area contributed by atoms with Gasteiger partial charge in [-0.2, -0.15) is 0 Å². The van der Waals surface area contributed by atoms with Crippen molar-refractivity contribution in [2.45, 2.75) is 40.2 Å². The third kappa shape index (κ3) is 4.12. The molecule has 0 unspecified atom stereocenters. The average Bonchev–Trinajstić information content (AvgIpc) is 2.15. The van der Waals surface area contributed by atoms with E-state index in [-0.39, 0.29) is 0 Å². The van der Waals surface area contributed by atoms with Crippen LogP contribution >= 0.6 is 0 Å². The Labute approximate surface area is 106 Å². The Balaban J connectivity index is 2.96.